The zero-order valence-corrected chi connectivity index (χ0v) is 6.97. The van der Waals surface area contributed by atoms with E-state index in [9.17, 15) is 0 Å². The van der Waals surface area contributed by atoms with Crippen LogP contribution in [-0.4, -0.2) is 21.3 Å². The van der Waals surface area contributed by atoms with E-state index >= 15 is 0 Å². The molecule has 4 nitrogen and oxygen atoms in total. The van der Waals surface area contributed by atoms with Gasteiger partial charge in [-0.25, -0.2) is 0 Å². The first-order valence-corrected chi connectivity index (χ1v) is 4.61. The van der Waals surface area contributed by atoms with Gasteiger partial charge < -0.3 is 5.32 Å². The summed E-state index contributed by atoms with van der Waals surface area (Å²) in [6, 6.07) is 0. The Morgan fingerprint density at radius 1 is 1.55 bits per heavy atom. The molecular formula is C6H10N4S. The zero-order chi connectivity index (χ0) is 7.52. The maximum atomic E-state index is 3.79. The van der Waals surface area contributed by atoms with Crippen molar-refractivity contribution in [3.63, 3.8) is 0 Å². The summed E-state index contributed by atoms with van der Waals surface area (Å²) in [5.41, 5.74) is 0. The van der Waals surface area contributed by atoms with Crippen LogP contribution in [0.15, 0.2) is 0 Å². The summed E-state index contributed by atoms with van der Waals surface area (Å²) in [4.78, 5) is 0. The van der Waals surface area contributed by atoms with E-state index in [1.807, 2.05) is 0 Å². The molecule has 1 heterocycles. The van der Waals surface area contributed by atoms with E-state index in [0.717, 1.165) is 17.6 Å². The number of anilines is 1. The lowest BCUT2D eigenvalue weighted by Crippen LogP contribution is -2.20. The van der Waals surface area contributed by atoms with Crippen LogP contribution in [0, 0.1) is 5.92 Å². The van der Waals surface area contributed by atoms with Crippen molar-refractivity contribution in [3.05, 3.63) is 0 Å². The van der Waals surface area contributed by atoms with Crippen LogP contribution in [0.1, 0.15) is 19.3 Å². The van der Waals surface area contributed by atoms with Gasteiger partial charge in [0.25, 0.3) is 0 Å². The number of aromatic nitrogens is 3. The van der Waals surface area contributed by atoms with Crippen LogP contribution in [0.2, 0.25) is 0 Å². The van der Waals surface area contributed by atoms with Crippen molar-refractivity contribution in [1.29, 1.82) is 0 Å². The molecule has 0 saturated heterocycles. The molecule has 0 atom stereocenters. The average molecular weight is 170 g/mol. The standard InChI is InChI=1S/C6H10N4S/c1-2-5(3-1)4-7-6-8-9-10-11-6/h5H,1-4H2,(H,7,8,10). The molecule has 2 rings (SSSR count). The molecular weight excluding hydrogens is 160 g/mol. The highest BCUT2D eigenvalue weighted by Gasteiger charge is 2.16. The Morgan fingerprint density at radius 3 is 3.00 bits per heavy atom. The number of nitrogens with zero attached hydrogens (tertiary/aromatic N) is 3. The molecule has 0 aliphatic heterocycles. The Labute approximate surface area is 69.2 Å². The topological polar surface area (TPSA) is 50.7 Å². The first-order valence-electron chi connectivity index (χ1n) is 3.84. The van der Waals surface area contributed by atoms with Crippen molar-refractivity contribution >= 4 is 16.7 Å². The predicted molar refractivity (Wildman–Crippen MR) is 43.5 cm³/mol. The summed E-state index contributed by atoms with van der Waals surface area (Å²) >= 11 is 1.32. The van der Waals surface area contributed by atoms with Crippen LogP contribution >= 0.6 is 11.5 Å². The van der Waals surface area contributed by atoms with Gasteiger partial charge in [-0.15, -0.1) is 0 Å². The van der Waals surface area contributed by atoms with Gasteiger partial charge in [-0.3, -0.25) is 0 Å². The molecule has 1 fully saturated rings. The van der Waals surface area contributed by atoms with Gasteiger partial charge in [0.05, 0.1) is 0 Å². The number of hydrogen-bond acceptors (Lipinski definition) is 5. The minimum absolute atomic E-state index is 0.844. The molecule has 11 heavy (non-hydrogen) atoms. The fourth-order valence-electron chi connectivity index (χ4n) is 1.13. The van der Waals surface area contributed by atoms with Gasteiger partial charge in [0.15, 0.2) is 0 Å². The smallest absolute Gasteiger partial charge is 0.225 e. The van der Waals surface area contributed by atoms with Crippen LogP contribution in [0.25, 0.3) is 0 Å². The Hall–Kier alpha value is -0.710. The van der Waals surface area contributed by atoms with Gasteiger partial charge in [0.2, 0.25) is 5.13 Å². The van der Waals surface area contributed by atoms with E-state index in [1.54, 1.807) is 0 Å². The maximum Gasteiger partial charge on any atom is 0.225 e. The minimum Gasteiger partial charge on any atom is -0.359 e. The molecule has 5 heteroatoms. The molecule has 60 valence electrons. The Balaban J connectivity index is 1.74. The third-order valence-corrected chi connectivity index (χ3v) is 2.62. The largest absolute Gasteiger partial charge is 0.359 e. The third-order valence-electron chi connectivity index (χ3n) is 2.07. The summed E-state index contributed by atoms with van der Waals surface area (Å²) < 4.78 is 3.66. The number of nitrogens with one attached hydrogen (secondary N) is 1. The van der Waals surface area contributed by atoms with Gasteiger partial charge in [-0.1, -0.05) is 16.0 Å². The fraction of sp³-hybridized carbons (Fsp3) is 0.833. The Bertz CT molecular complexity index is 206. The highest BCUT2D eigenvalue weighted by Crippen LogP contribution is 2.26. The van der Waals surface area contributed by atoms with Crippen LogP contribution < -0.4 is 5.32 Å². The SMILES string of the molecule is C1CC(CNc2nnns2)C1. The fourth-order valence-corrected chi connectivity index (χ4v) is 1.50. The van der Waals surface area contributed by atoms with Crippen molar-refractivity contribution in [3.8, 4) is 0 Å². The summed E-state index contributed by atoms with van der Waals surface area (Å²) in [7, 11) is 0. The normalized spacial score (nSPS) is 17.8. The average Bonchev–Trinajstić information content (AvgIpc) is 2.36. The molecule has 1 saturated carbocycles. The first kappa shape index (κ1) is 6.97. The highest BCUT2D eigenvalue weighted by atomic mass is 32.1. The van der Waals surface area contributed by atoms with Crippen LogP contribution in [-0.2, 0) is 0 Å². The number of rotatable bonds is 3. The quantitative estimate of drug-likeness (QED) is 0.739. The van der Waals surface area contributed by atoms with E-state index < -0.39 is 0 Å². The monoisotopic (exact) mass is 170 g/mol. The molecule has 1 aliphatic rings. The lowest BCUT2D eigenvalue weighted by Gasteiger charge is -2.24. The molecule has 0 aromatic carbocycles. The predicted octanol–water partition coefficient (Wildman–Crippen LogP) is 1.15. The molecule has 1 aromatic heterocycles. The van der Waals surface area contributed by atoms with Crippen molar-refractivity contribution in [2.75, 3.05) is 11.9 Å². The zero-order valence-electron chi connectivity index (χ0n) is 6.16. The van der Waals surface area contributed by atoms with Gasteiger partial charge in [0, 0.05) is 18.1 Å². The summed E-state index contributed by atoms with van der Waals surface area (Å²) in [6.07, 6.45) is 4.11. The van der Waals surface area contributed by atoms with Crippen LogP contribution in [0.5, 0.6) is 0 Å². The molecule has 0 bridgehead atoms. The van der Waals surface area contributed by atoms with Crippen LogP contribution in [0.3, 0.4) is 0 Å². The van der Waals surface area contributed by atoms with Crippen molar-refractivity contribution in [1.82, 2.24) is 14.8 Å². The van der Waals surface area contributed by atoms with Crippen molar-refractivity contribution in [2.45, 2.75) is 19.3 Å². The Morgan fingerprint density at radius 2 is 2.45 bits per heavy atom. The maximum absolute atomic E-state index is 3.79. The minimum atomic E-state index is 0.844. The lowest BCUT2D eigenvalue weighted by molar-refractivity contribution is 0.333. The van der Waals surface area contributed by atoms with E-state index in [4.69, 9.17) is 0 Å². The van der Waals surface area contributed by atoms with Crippen LogP contribution in [0.4, 0.5) is 5.13 Å². The summed E-state index contributed by atoms with van der Waals surface area (Å²) in [5, 5.41) is 11.3. The lowest BCUT2D eigenvalue weighted by atomic mass is 9.86. The summed E-state index contributed by atoms with van der Waals surface area (Å²) in [5.74, 6) is 0.860. The molecule has 1 aromatic rings. The summed E-state index contributed by atoms with van der Waals surface area (Å²) in [6.45, 7) is 1.04. The van der Waals surface area contributed by atoms with E-state index in [0.29, 0.717) is 0 Å². The van der Waals surface area contributed by atoms with Gasteiger partial charge in [-0.2, -0.15) is 0 Å². The molecule has 0 radical (unpaired) electrons. The second-order valence-electron chi connectivity index (χ2n) is 2.85. The van der Waals surface area contributed by atoms with E-state index in [-0.39, 0.29) is 0 Å². The Kier molecular flexibility index (Phi) is 1.98. The third kappa shape index (κ3) is 1.65. The molecule has 1 N–H and O–H groups in total. The second kappa shape index (κ2) is 3.13. The molecule has 0 unspecified atom stereocenters. The molecule has 0 amide bonds. The van der Waals surface area contributed by atoms with Crippen molar-refractivity contribution < 1.29 is 0 Å². The van der Waals surface area contributed by atoms with E-state index in [2.05, 4.69) is 20.1 Å². The molecule has 1 aliphatic carbocycles. The van der Waals surface area contributed by atoms with Gasteiger partial charge in [-0.05, 0) is 24.0 Å². The highest BCUT2D eigenvalue weighted by molar-refractivity contribution is 7.09. The second-order valence-corrected chi connectivity index (χ2v) is 3.58. The van der Waals surface area contributed by atoms with E-state index in [1.165, 1.54) is 30.8 Å². The van der Waals surface area contributed by atoms with Crippen molar-refractivity contribution in [2.24, 2.45) is 5.92 Å². The number of hydrogen-bond donors (Lipinski definition) is 1. The first-order chi connectivity index (χ1) is 5.45. The molecule has 0 spiro atoms. The van der Waals surface area contributed by atoms with Gasteiger partial charge >= 0.3 is 0 Å². The van der Waals surface area contributed by atoms with Gasteiger partial charge in [0.1, 0.15) is 0 Å².